The molecule has 0 atom stereocenters. The predicted octanol–water partition coefficient (Wildman–Crippen LogP) is 4.80. The Morgan fingerprint density at radius 2 is 1.91 bits per heavy atom. The molecule has 1 aromatic carbocycles. The lowest BCUT2D eigenvalue weighted by atomic mass is 9.90. The van der Waals surface area contributed by atoms with Crippen molar-refractivity contribution >= 4 is 27.5 Å². The molecule has 4 rings (SSSR count). The second-order valence-electron chi connectivity index (χ2n) is 8.92. The third-order valence-corrected chi connectivity index (χ3v) is 7.81. The topological polar surface area (TPSA) is 75.3 Å². The second kappa shape index (κ2) is 10.5. The van der Waals surface area contributed by atoms with Gasteiger partial charge in [0.25, 0.3) is 5.56 Å². The van der Waals surface area contributed by atoms with Gasteiger partial charge < -0.3 is 14.6 Å². The minimum absolute atomic E-state index is 0.0994. The first-order chi connectivity index (χ1) is 15.9. The zero-order valence-corrected chi connectivity index (χ0v) is 20.6. The number of thiophene rings is 1. The number of aryl methyl sites for hydroxylation is 4. The van der Waals surface area contributed by atoms with Gasteiger partial charge in [-0.2, -0.15) is 0 Å². The van der Waals surface area contributed by atoms with Crippen LogP contribution in [-0.2, 0) is 17.6 Å². The Kier molecular flexibility index (Phi) is 7.48. The molecule has 1 amide bonds. The van der Waals surface area contributed by atoms with Gasteiger partial charge in [-0.3, -0.25) is 9.59 Å². The van der Waals surface area contributed by atoms with E-state index in [1.807, 2.05) is 37.8 Å². The van der Waals surface area contributed by atoms with E-state index < -0.39 is 0 Å². The highest BCUT2D eigenvalue weighted by Gasteiger charge is 2.23. The Hall–Kier alpha value is -2.67. The number of likely N-dealkylation sites (tertiary alicyclic amines) is 1. The summed E-state index contributed by atoms with van der Waals surface area (Å²) in [5.41, 5.74) is 2.24. The molecule has 0 aliphatic carbocycles. The van der Waals surface area contributed by atoms with Crippen molar-refractivity contribution in [2.75, 3.05) is 19.7 Å². The van der Waals surface area contributed by atoms with Gasteiger partial charge in [0.05, 0.1) is 12.0 Å². The van der Waals surface area contributed by atoms with Gasteiger partial charge in [0.1, 0.15) is 16.4 Å². The van der Waals surface area contributed by atoms with Gasteiger partial charge in [0.15, 0.2) is 0 Å². The van der Waals surface area contributed by atoms with E-state index in [0.717, 1.165) is 59.8 Å². The molecule has 7 heteroatoms. The second-order valence-corrected chi connectivity index (χ2v) is 10.1. The molecule has 0 bridgehead atoms. The van der Waals surface area contributed by atoms with Crippen LogP contribution in [0.2, 0.25) is 0 Å². The van der Waals surface area contributed by atoms with Crippen molar-refractivity contribution in [3.63, 3.8) is 0 Å². The van der Waals surface area contributed by atoms with Crippen molar-refractivity contribution in [3.05, 3.63) is 56.4 Å². The van der Waals surface area contributed by atoms with E-state index in [0.29, 0.717) is 36.6 Å². The van der Waals surface area contributed by atoms with Crippen LogP contribution < -0.4 is 10.3 Å². The molecule has 3 heterocycles. The number of fused-ring (bicyclic) bond motifs is 1. The molecule has 3 aromatic rings. The van der Waals surface area contributed by atoms with E-state index >= 15 is 0 Å². The number of rotatable bonds is 8. The maximum atomic E-state index is 12.7. The van der Waals surface area contributed by atoms with Crippen molar-refractivity contribution in [1.82, 2.24) is 14.9 Å². The highest BCUT2D eigenvalue weighted by atomic mass is 32.1. The van der Waals surface area contributed by atoms with E-state index in [-0.39, 0.29) is 11.5 Å². The van der Waals surface area contributed by atoms with Crippen molar-refractivity contribution in [3.8, 4) is 5.75 Å². The van der Waals surface area contributed by atoms with Gasteiger partial charge in [0, 0.05) is 30.8 Å². The molecule has 0 spiro atoms. The number of amides is 1. The zero-order valence-electron chi connectivity index (χ0n) is 19.8. The number of hydrogen-bond acceptors (Lipinski definition) is 5. The van der Waals surface area contributed by atoms with Crippen LogP contribution in [-0.4, -0.2) is 40.5 Å². The Bertz CT molecular complexity index is 1160. The summed E-state index contributed by atoms with van der Waals surface area (Å²) < 4.78 is 5.51. The van der Waals surface area contributed by atoms with Crippen LogP contribution in [0.1, 0.15) is 54.4 Å². The van der Waals surface area contributed by atoms with Crippen molar-refractivity contribution in [2.24, 2.45) is 5.92 Å². The first-order valence-electron chi connectivity index (χ1n) is 11.9. The number of nitrogens with one attached hydrogen (secondary N) is 1. The molecule has 0 radical (unpaired) electrons. The Balaban J connectivity index is 1.23. The molecule has 0 unspecified atom stereocenters. The highest BCUT2D eigenvalue weighted by molar-refractivity contribution is 7.18. The van der Waals surface area contributed by atoms with Gasteiger partial charge >= 0.3 is 0 Å². The average Bonchev–Trinajstić information content (AvgIpc) is 3.11. The van der Waals surface area contributed by atoms with Crippen LogP contribution in [0.3, 0.4) is 0 Å². The van der Waals surface area contributed by atoms with Gasteiger partial charge in [-0.05, 0) is 75.6 Å². The molecular weight excluding hydrogens is 434 g/mol. The van der Waals surface area contributed by atoms with Crippen LogP contribution in [0.4, 0.5) is 0 Å². The summed E-state index contributed by atoms with van der Waals surface area (Å²) in [7, 11) is 0. The molecule has 1 N–H and O–H groups in total. The SMILES string of the molecule is CCOc1ccc(CCC2CCN(C(=O)CCc3nc4sc(C)c(C)c4c(=O)[nH]3)CC2)cc1. The Morgan fingerprint density at radius 3 is 2.61 bits per heavy atom. The van der Waals surface area contributed by atoms with E-state index in [1.54, 1.807) is 11.3 Å². The van der Waals surface area contributed by atoms with E-state index in [4.69, 9.17) is 4.74 Å². The molecule has 1 aliphatic rings. The summed E-state index contributed by atoms with van der Waals surface area (Å²) in [6.07, 6.45) is 5.18. The number of aromatic amines is 1. The maximum Gasteiger partial charge on any atom is 0.259 e. The molecule has 1 fully saturated rings. The molecule has 2 aromatic heterocycles. The van der Waals surface area contributed by atoms with Gasteiger partial charge in [-0.1, -0.05) is 12.1 Å². The normalized spacial score (nSPS) is 14.7. The molecule has 0 saturated carbocycles. The van der Waals surface area contributed by atoms with Gasteiger partial charge in [0.2, 0.25) is 5.91 Å². The maximum absolute atomic E-state index is 12.7. The van der Waals surface area contributed by atoms with E-state index in [1.165, 1.54) is 5.56 Å². The molecule has 33 heavy (non-hydrogen) atoms. The van der Waals surface area contributed by atoms with Crippen LogP contribution in [0.5, 0.6) is 5.75 Å². The van der Waals surface area contributed by atoms with E-state index in [9.17, 15) is 9.59 Å². The fourth-order valence-corrected chi connectivity index (χ4v) is 5.61. The summed E-state index contributed by atoms with van der Waals surface area (Å²) in [6, 6.07) is 8.39. The van der Waals surface area contributed by atoms with E-state index in [2.05, 4.69) is 22.1 Å². The zero-order chi connectivity index (χ0) is 23.4. The lowest BCUT2D eigenvalue weighted by Crippen LogP contribution is -2.38. The average molecular weight is 468 g/mol. The van der Waals surface area contributed by atoms with Crippen LogP contribution in [0, 0.1) is 19.8 Å². The van der Waals surface area contributed by atoms with Crippen LogP contribution in [0.15, 0.2) is 29.1 Å². The third-order valence-electron chi connectivity index (χ3n) is 6.71. The summed E-state index contributed by atoms with van der Waals surface area (Å²) in [6.45, 7) is 8.28. The first kappa shape index (κ1) is 23.5. The van der Waals surface area contributed by atoms with Crippen molar-refractivity contribution in [1.29, 1.82) is 0 Å². The Labute approximate surface area is 199 Å². The fraction of sp³-hybridized carbons (Fsp3) is 0.500. The largest absolute Gasteiger partial charge is 0.494 e. The number of benzene rings is 1. The summed E-state index contributed by atoms with van der Waals surface area (Å²) >= 11 is 1.54. The number of nitrogens with zero attached hydrogens (tertiary/aromatic N) is 2. The highest BCUT2D eigenvalue weighted by Crippen LogP contribution is 2.26. The number of carbonyl (C=O) groups excluding carboxylic acids is 1. The third kappa shape index (κ3) is 5.64. The van der Waals surface area contributed by atoms with Crippen LogP contribution >= 0.6 is 11.3 Å². The minimum Gasteiger partial charge on any atom is -0.494 e. The summed E-state index contributed by atoms with van der Waals surface area (Å²) in [4.78, 5) is 36.5. The molecule has 6 nitrogen and oxygen atoms in total. The monoisotopic (exact) mass is 467 g/mol. The summed E-state index contributed by atoms with van der Waals surface area (Å²) in [5.74, 6) is 2.34. The molecule has 1 aliphatic heterocycles. The molecular formula is C26H33N3O3S. The lowest BCUT2D eigenvalue weighted by Gasteiger charge is -2.32. The number of piperidine rings is 1. The quantitative estimate of drug-likeness (QED) is 0.516. The smallest absolute Gasteiger partial charge is 0.259 e. The lowest BCUT2D eigenvalue weighted by molar-refractivity contribution is -0.132. The fourth-order valence-electron chi connectivity index (χ4n) is 4.56. The van der Waals surface area contributed by atoms with Gasteiger partial charge in [-0.25, -0.2) is 4.98 Å². The molecule has 176 valence electrons. The number of ether oxygens (including phenoxy) is 1. The Morgan fingerprint density at radius 1 is 1.18 bits per heavy atom. The standard InChI is InChI=1S/C26H33N3O3S/c1-4-32-21-9-7-19(8-10-21)5-6-20-13-15-29(16-14-20)23(30)12-11-22-27-25(31)24-17(2)18(3)33-26(24)28-22/h7-10,20H,4-6,11-16H2,1-3H3,(H,27,28,31). The number of carbonyl (C=O) groups is 1. The van der Waals surface area contributed by atoms with Crippen molar-refractivity contribution < 1.29 is 9.53 Å². The summed E-state index contributed by atoms with van der Waals surface area (Å²) in [5, 5.41) is 0.680. The van der Waals surface area contributed by atoms with Crippen molar-refractivity contribution in [2.45, 2.75) is 59.3 Å². The van der Waals surface area contributed by atoms with Crippen LogP contribution in [0.25, 0.3) is 10.2 Å². The number of aromatic nitrogens is 2. The number of H-pyrrole nitrogens is 1. The predicted molar refractivity (Wildman–Crippen MR) is 133 cm³/mol. The number of hydrogen-bond donors (Lipinski definition) is 1. The first-order valence-corrected chi connectivity index (χ1v) is 12.7. The molecule has 1 saturated heterocycles. The minimum atomic E-state index is -0.0994. The van der Waals surface area contributed by atoms with Gasteiger partial charge in [-0.15, -0.1) is 11.3 Å².